The number of halogens is 3. The number of nitrogens with one attached hydrogen (secondary N) is 1. The molecular weight excluding hydrogens is 385 g/mol. The van der Waals surface area contributed by atoms with Crippen LogP contribution in [0.4, 0.5) is 24.5 Å². The molecule has 8 heteroatoms. The van der Waals surface area contributed by atoms with Crippen LogP contribution in [0.5, 0.6) is 5.75 Å². The van der Waals surface area contributed by atoms with Crippen molar-refractivity contribution in [1.29, 1.82) is 0 Å². The predicted molar refractivity (Wildman–Crippen MR) is 105 cm³/mol. The Labute approximate surface area is 167 Å². The molecule has 0 unspecified atom stereocenters. The lowest BCUT2D eigenvalue weighted by atomic mass is 10.1. The van der Waals surface area contributed by atoms with Crippen LogP contribution in [0.3, 0.4) is 0 Å². The van der Waals surface area contributed by atoms with Crippen LogP contribution >= 0.6 is 0 Å². The van der Waals surface area contributed by atoms with Gasteiger partial charge in [0, 0.05) is 24.3 Å². The van der Waals surface area contributed by atoms with Gasteiger partial charge in [0.15, 0.2) is 0 Å². The van der Waals surface area contributed by atoms with Crippen molar-refractivity contribution < 1.29 is 27.4 Å². The molecule has 1 amide bonds. The normalized spacial score (nSPS) is 14.6. The van der Waals surface area contributed by atoms with Crippen LogP contribution in [-0.4, -0.2) is 38.8 Å². The summed E-state index contributed by atoms with van der Waals surface area (Å²) in [4.78, 5) is 14.4. The van der Waals surface area contributed by atoms with Gasteiger partial charge < -0.3 is 19.7 Å². The summed E-state index contributed by atoms with van der Waals surface area (Å²) in [6.07, 6.45) is -3.79. The van der Waals surface area contributed by atoms with Crippen molar-refractivity contribution in [1.82, 2.24) is 0 Å². The lowest BCUT2D eigenvalue weighted by Crippen LogP contribution is -2.36. The van der Waals surface area contributed by atoms with Gasteiger partial charge in [0.1, 0.15) is 5.75 Å². The molecule has 29 heavy (non-hydrogen) atoms. The van der Waals surface area contributed by atoms with E-state index < -0.39 is 17.6 Å². The molecule has 2 aromatic carbocycles. The zero-order chi connectivity index (χ0) is 20.9. The summed E-state index contributed by atoms with van der Waals surface area (Å²) in [5, 5.41) is 2.39. The fraction of sp³-hybridized carbons (Fsp3) is 0.381. The van der Waals surface area contributed by atoms with Crippen molar-refractivity contribution in [3.8, 4) is 5.75 Å². The van der Waals surface area contributed by atoms with E-state index in [1.807, 2.05) is 11.8 Å². The number of amides is 1. The van der Waals surface area contributed by atoms with Crippen LogP contribution in [0, 0.1) is 0 Å². The van der Waals surface area contributed by atoms with Crippen molar-refractivity contribution >= 4 is 17.3 Å². The molecule has 2 aromatic rings. The minimum Gasteiger partial charge on any atom is -0.494 e. The molecule has 156 valence electrons. The average Bonchev–Trinajstić information content (AvgIpc) is 2.72. The van der Waals surface area contributed by atoms with Gasteiger partial charge in [-0.3, -0.25) is 4.79 Å². The Morgan fingerprint density at radius 1 is 1.17 bits per heavy atom. The van der Waals surface area contributed by atoms with Gasteiger partial charge in [-0.15, -0.1) is 0 Å². The SMILES string of the molecule is CCCOc1cccc(C(=O)Nc2ccc(N3CCOCC3)cc2C(F)(F)F)c1. The second kappa shape index (κ2) is 9.17. The van der Waals surface area contributed by atoms with Gasteiger partial charge >= 0.3 is 6.18 Å². The van der Waals surface area contributed by atoms with E-state index in [0.29, 0.717) is 44.3 Å². The minimum absolute atomic E-state index is 0.226. The van der Waals surface area contributed by atoms with Crippen LogP contribution < -0.4 is 15.0 Å². The number of hydrogen-bond donors (Lipinski definition) is 1. The average molecular weight is 408 g/mol. The van der Waals surface area contributed by atoms with E-state index >= 15 is 0 Å². The van der Waals surface area contributed by atoms with Crippen molar-refractivity contribution in [3.05, 3.63) is 53.6 Å². The third-order valence-electron chi connectivity index (χ3n) is 4.50. The van der Waals surface area contributed by atoms with Crippen LogP contribution in [0.1, 0.15) is 29.3 Å². The number of morpholine rings is 1. The maximum absolute atomic E-state index is 13.6. The number of benzene rings is 2. The number of carbonyl (C=O) groups is 1. The molecule has 0 spiro atoms. The second-order valence-corrected chi connectivity index (χ2v) is 6.66. The highest BCUT2D eigenvalue weighted by atomic mass is 19.4. The van der Waals surface area contributed by atoms with Crippen molar-refractivity contribution in [3.63, 3.8) is 0 Å². The fourth-order valence-corrected chi connectivity index (χ4v) is 3.04. The Bertz CT molecular complexity index is 849. The molecule has 3 rings (SSSR count). The van der Waals surface area contributed by atoms with Crippen LogP contribution in [0.25, 0.3) is 0 Å². The van der Waals surface area contributed by atoms with Gasteiger partial charge in [0.2, 0.25) is 0 Å². The smallest absolute Gasteiger partial charge is 0.418 e. The summed E-state index contributed by atoms with van der Waals surface area (Å²) >= 11 is 0. The van der Waals surface area contributed by atoms with Crippen LogP contribution in [0.15, 0.2) is 42.5 Å². The number of anilines is 2. The molecule has 0 atom stereocenters. The molecule has 1 aliphatic rings. The van der Waals surface area contributed by atoms with Crippen LogP contribution in [-0.2, 0) is 10.9 Å². The number of alkyl halides is 3. The maximum Gasteiger partial charge on any atom is 0.418 e. The van der Waals surface area contributed by atoms with E-state index in [9.17, 15) is 18.0 Å². The number of ether oxygens (including phenoxy) is 2. The molecule has 1 heterocycles. The molecule has 0 bridgehead atoms. The standard InChI is InChI=1S/C21H23F3N2O3/c1-2-10-29-17-5-3-4-15(13-17)20(27)25-19-7-6-16(14-18(19)21(22,23)24)26-8-11-28-12-9-26/h3-7,13-14H,2,8-12H2,1H3,(H,25,27). The third-order valence-corrected chi connectivity index (χ3v) is 4.50. The van der Waals surface area contributed by atoms with Crippen molar-refractivity contribution in [2.75, 3.05) is 43.1 Å². The van der Waals surface area contributed by atoms with Gasteiger partial charge in [-0.2, -0.15) is 13.2 Å². The zero-order valence-corrected chi connectivity index (χ0v) is 16.1. The highest BCUT2D eigenvalue weighted by Crippen LogP contribution is 2.37. The number of nitrogens with zero attached hydrogens (tertiary/aromatic N) is 1. The van der Waals surface area contributed by atoms with E-state index in [1.165, 1.54) is 18.2 Å². The van der Waals surface area contributed by atoms with Crippen molar-refractivity contribution in [2.45, 2.75) is 19.5 Å². The summed E-state index contributed by atoms with van der Waals surface area (Å²) in [5.74, 6) is -0.130. The van der Waals surface area contributed by atoms with E-state index in [0.717, 1.165) is 12.5 Å². The Hall–Kier alpha value is -2.74. The molecule has 0 radical (unpaired) electrons. The highest BCUT2D eigenvalue weighted by molar-refractivity contribution is 6.05. The highest BCUT2D eigenvalue weighted by Gasteiger charge is 2.35. The van der Waals surface area contributed by atoms with Gasteiger partial charge in [-0.1, -0.05) is 13.0 Å². The minimum atomic E-state index is -4.60. The van der Waals surface area contributed by atoms with Gasteiger partial charge in [-0.05, 0) is 42.8 Å². The largest absolute Gasteiger partial charge is 0.494 e. The number of carbonyl (C=O) groups excluding carboxylic acids is 1. The van der Waals surface area contributed by atoms with Gasteiger partial charge in [-0.25, -0.2) is 0 Å². The first-order valence-corrected chi connectivity index (χ1v) is 9.46. The molecule has 1 aliphatic heterocycles. The summed E-state index contributed by atoms with van der Waals surface area (Å²) in [7, 11) is 0. The first kappa shape index (κ1) is 21.0. The number of hydrogen-bond acceptors (Lipinski definition) is 4. The topological polar surface area (TPSA) is 50.8 Å². The Balaban J connectivity index is 1.83. The molecule has 1 fully saturated rings. The Morgan fingerprint density at radius 3 is 2.62 bits per heavy atom. The van der Waals surface area contributed by atoms with Gasteiger partial charge in [0.05, 0.1) is 31.1 Å². The second-order valence-electron chi connectivity index (χ2n) is 6.66. The van der Waals surface area contributed by atoms with E-state index in [4.69, 9.17) is 9.47 Å². The molecule has 1 saturated heterocycles. The lowest BCUT2D eigenvalue weighted by molar-refractivity contribution is -0.136. The monoisotopic (exact) mass is 408 g/mol. The van der Waals surface area contributed by atoms with E-state index in [-0.39, 0.29) is 11.3 Å². The summed E-state index contributed by atoms with van der Waals surface area (Å²) in [6, 6.07) is 10.3. The molecular formula is C21H23F3N2O3. The fourth-order valence-electron chi connectivity index (χ4n) is 3.04. The predicted octanol–water partition coefficient (Wildman–Crippen LogP) is 4.58. The van der Waals surface area contributed by atoms with E-state index in [1.54, 1.807) is 18.2 Å². The van der Waals surface area contributed by atoms with Crippen molar-refractivity contribution in [2.24, 2.45) is 0 Å². The lowest BCUT2D eigenvalue weighted by Gasteiger charge is -2.29. The quantitative estimate of drug-likeness (QED) is 0.760. The summed E-state index contributed by atoms with van der Waals surface area (Å²) in [5.41, 5.74) is -0.481. The van der Waals surface area contributed by atoms with Gasteiger partial charge in [0.25, 0.3) is 5.91 Å². The Kier molecular flexibility index (Phi) is 6.64. The summed E-state index contributed by atoms with van der Waals surface area (Å²) < 4.78 is 51.6. The molecule has 0 aliphatic carbocycles. The zero-order valence-electron chi connectivity index (χ0n) is 16.1. The summed E-state index contributed by atoms with van der Waals surface area (Å²) in [6.45, 7) is 4.43. The first-order chi connectivity index (χ1) is 13.9. The third kappa shape index (κ3) is 5.41. The molecule has 1 N–H and O–H groups in total. The Morgan fingerprint density at radius 2 is 1.93 bits per heavy atom. The first-order valence-electron chi connectivity index (χ1n) is 9.46. The maximum atomic E-state index is 13.6. The molecule has 0 aromatic heterocycles. The molecule has 5 nitrogen and oxygen atoms in total. The van der Waals surface area contributed by atoms with E-state index in [2.05, 4.69) is 5.32 Å². The number of rotatable bonds is 6. The molecule has 0 saturated carbocycles. The van der Waals surface area contributed by atoms with Crippen LogP contribution in [0.2, 0.25) is 0 Å².